The summed E-state index contributed by atoms with van der Waals surface area (Å²) < 4.78 is 0. The van der Waals surface area contributed by atoms with E-state index >= 15 is 0 Å². The van der Waals surface area contributed by atoms with E-state index in [4.69, 9.17) is 5.73 Å². The van der Waals surface area contributed by atoms with Crippen molar-refractivity contribution < 1.29 is 4.79 Å². The molecule has 46 valence electrons. The Hall–Kier alpha value is -0.630. The van der Waals surface area contributed by atoms with Gasteiger partial charge < -0.3 is 5.73 Å². The second-order valence-corrected chi connectivity index (χ2v) is 1.74. The first kappa shape index (κ1) is 7.37. The molecule has 8 heavy (non-hydrogen) atoms. The van der Waals surface area contributed by atoms with Gasteiger partial charge in [-0.1, -0.05) is 6.58 Å². The van der Waals surface area contributed by atoms with Gasteiger partial charge in [0.05, 0.1) is 0 Å². The third kappa shape index (κ3) is 2.53. The predicted octanol–water partition coefficient (Wildman–Crippen LogP) is 0.480. The highest BCUT2D eigenvalue weighted by molar-refractivity contribution is 5.94. The molecule has 0 aromatic carbocycles. The van der Waals surface area contributed by atoms with Crippen molar-refractivity contribution in [2.75, 3.05) is 6.54 Å². The third-order valence-corrected chi connectivity index (χ3v) is 0.847. The molecule has 2 heteroatoms. The maximum atomic E-state index is 10.6. The van der Waals surface area contributed by atoms with Gasteiger partial charge in [-0.15, -0.1) is 0 Å². The molecular weight excluding hydrogens is 102 g/mol. The van der Waals surface area contributed by atoms with Gasteiger partial charge >= 0.3 is 0 Å². The van der Waals surface area contributed by atoms with Gasteiger partial charge in [0.25, 0.3) is 0 Å². The number of carbonyl (C=O) groups excluding carboxylic acids is 1. The molecule has 0 aliphatic carbocycles. The predicted molar refractivity (Wildman–Crippen MR) is 33.5 cm³/mol. The molecule has 0 amide bonds. The Morgan fingerprint density at radius 2 is 2.25 bits per heavy atom. The Kier molecular flexibility index (Phi) is 3.12. The zero-order valence-electron chi connectivity index (χ0n) is 5.11. The fourth-order valence-corrected chi connectivity index (χ4v) is 0.344. The molecule has 0 aliphatic heterocycles. The van der Waals surface area contributed by atoms with Crippen LogP contribution >= 0.6 is 0 Å². The summed E-state index contributed by atoms with van der Waals surface area (Å²) in [5.74, 6) is 0.0625. The van der Waals surface area contributed by atoms with Crippen LogP contribution in [0.1, 0.15) is 13.3 Å². The molecule has 0 saturated carbocycles. The van der Waals surface area contributed by atoms with E-state index in [2.05, 4.69) is 6.58 Å². The highest BCUT2D eigenvalue weighted by Gasteiger charge is 1.97. The summed E-state index contributed by atoms with van der Waals surface area (Å²) in [5.41, 5.74) is 5.70. The van der Waals surface area contributed by atoms with Crippen LogP contribution in [-0.4, -0.2) is 12.3 Å². The van der Waals surface area contributed by atoms with Crippen LogP contribution in [-0.2, 0) is 4.79 Å². The first-order chi connectivity index (χ1) is 3.68. The molecule has 0 atom stereocenters. The van der Waals surface area contributed by atoms with Crippen LogP contribution in [0, 0.1) is 0 Å². The van der Waals surface area contributed by atoms with Crippen LogP contribution in [0.3, 0.4) is 0 Å². The van der Waals surface area contributed by atoms with Crippen molar-refractivity contribution in [1.82, 2.24) is 0 Å². The highest BCUT2D eigenvalue weighted by atomic mass is 16.1. The molecule has 0 aromatic heterocycles. The van der Waals surface area contributed by atoms with Crippen molar-refractivity contribution in [2.24, 2.45) is 5.73 Å². The second kappa shape index (κ2) is 3.38. The smallest absolute Gasteiger partial charge is 0.159 e. The van der Waals surface area contributed by atoms with Gasteiger partial charge in [0.15, 0.2) is 5.78 Å². The van der Waals surface area contributed by atoms with Crippen LogP contribution in [0.2, 0.25) is 0 Å². The molecule has 0 unspecified atom stereocenters. The molecule has 0 aromatic rings. The molecule has 0 spiro atoms. The zero-order chi connectivity index (χ0) is 6.57. The van der Waals surface area contributed by atoms with Crippen molar-refractivity contribution in [3.05, 3.63) is 12.2 Å². The van der Waals surface area contributed by atoms with Gasteiger partial charge in [-0.3, -0.25) is 4.79 Å². The Balaban J connectivity index is 3.49. The SMILES string of the molecule is C=C(C)C(=O)CCN. The Morgan fingerprint density at radius 1 is 1.75 bits per heavy atom. The molecule has 2 N–H and O–H groups in total. The summed E-state index contributed by atoms with van der Waals surface area (Å²) in [4.78, 5) is 10.6. The molecule has 2 nitrogen and oxygen atoms in total. The van der Waals surface area contributed by atoms with Crippen LogP contribution in [0.5, 0.6) is 0 Å². The van der Waals surface area contributed by atoms with Crippen molar-refractivity contribution in [3.63, 3.8) is 0 Å². The van der Waals surface area contributed by atoms with Crippen LogP contribution in [0.15, 0.2) is 12.2 Å². The van der Waals surface area contributed by atoms with Gasteiger partial charge in [0.1, 0.15) is 0 Å². The number of hydrogen-bond acceptors (Lipinski definition) is 2. The van der Waals surface area contributed by atoms with E-state index in [1.54, 1.807) is 6.92 Å². The molecule has 0 aliphatic rings. The monoisotopic (exact) mass is 113 g/mol. The average molecular weight is 113 g/mol. The normalized spacial score (nSPS) is 8.75. The number of rotatable bonds is 3. The topological polar surface area (TPSA) is 43.1 Å². The third-order valence-electron chi connectivity index (χ3n) is 0.847. The molecule has 0 heterocycles. The number of ketones is 1. The summed E-state index contributed by atoms with van der Waals surface area (Å²) in [5, 5.41) is 0. The maximum Gasteiger partial charge on any atom is 0.159 e. The fourth-order valence-electron chi connectivity index (χ4n) is 0.344. The minimum atomic E-state index is 0.0625. The minimum Gasteiger partial charge on any atom is -0.330 e. The van der Waals surface area contributed by atoms with Gasteiger partial charge in [-0.2, -0.15) is 0 Å². The molecule has 0 saturated heterocycles. The average Bonchev–Trinajstić information content (AvgIpc) is 1.67. The van der Waals surface area contributed by atoms with E-state index in [-0.39, 0.29) is 5.78 Å². The molecule has 0 bridgehead atoms. The quantitative estimate of drug-likeness (QED) is 0.541. The fraction of sp³-hybridized carbons (Fsp3) is 0.500. The lowest BCUT2D eigenvalue weighted by Crippen LogP contribution is -2.07. The van der Waals surface area contributed by atoms with Crippen LogP contribution in [0.25, 0.3) is 0 Å². The van der Waals surface area contributed by atoms with Gasteiger partial charge in [0.2, 0.25) is 0 Å². The highest BCUT2D eigenvalue weighted by Crippen LogP contribution is 1.91. The van der Waals surface area contributed by atoms with Crippen molar-refractivity contribution in [2.45, 2.75) is 13.3 Å². The summed E-state index contributed by atoms with van der Waals surface area (Å²) in [6.07, 6.45) is 0.426. The van der Waals surface area contributed by atoms with E-state index in [9.17, 15) is 4.79 Å². The minimum absolute atomic E-state index is 0.0625. The largest absolute Gasteiger partial charge is 0.330 e. The maximum absolute atomic E-state index is 10.6. The summed E-state index contributed by atoms with van der Waals surface area (Å²) in [7, 11) is 0. The number of nitrogens with two attached hydrogens (primary N) is 1. The van der Waals surface area contributed by atoms with Crippen molar-refractivity contribution in [1.29, 1.82) is 0 Å². The molecule has 0 radical (unpaired) electrons. The molecule has 0 rings (SSSR count). The lowest BCUT2D eigenvalue weighted by molar-refractivity contribution is -0.115. The van der Waals surface area contributed by atoms with E-state index in [0.717, 1.165) is 0 Å². The zero-order valence-corrected chi connectivity index (χ0v) is 5.11. The number of carbonyl (C=O) groups is 1. The Labute approximate surface area is 49.4 Å². The van der Waals surface area contributed by atoms with Crippen LogP contribution in [0.4, 0.5) is 0 Å². The van der Waals surface area contributed by atoms with Crippen molar-refractivity contribution >= 4 is 5.78 Å². The Bertz CT molecular complexity index is 107. The standard InChI is InChI=1S/C6H11NO/c1-5(2)6(8)3-4-7/h1,3-4,7H2,2H3. The molecular formula is C6H11NO. The summed E-state index contributed by atoms with van der Waals surface area (Å²) >= 11 is 0. The van der Waals surface area contributed by atoms with Gasteiger partial charge in [0, 0.05) is 6.42 Å². The van der Waals surface area contributed by atoms with E-state index in [1.807, 2.05) is 0 Å². The van der Waals surface area contributed by atoms with E-state index in [0.29, 0.717) is 18.5 Å². The first-order valence-electron chi connectivity index (χ1n) is 2.57. The lowest BCUT2D eigenvalue weighted by Gasteiger charge is -1.92. The number of hydrogen-bond donors (Lipinski definition) is 1. The first-order valence-corrected chi connectivity index (χ1v) is 2.57. The van der Waals surface area contributed by atoms with Crippen molar-refractivity contribution in [3.8, 4) is 0 Å². The van der Waals surface area contributed by atoms with E-state index in [1.165, 1.54) is 0 Å². The number of Topliss-reactive ketones (excluding diaryl/α,β-unsaturated/α-hetero) is 1. The Morgan fingerprint density at radius 3 is 2.38 bits per heavy atom. The van der Waals surface area contributed by atoms with Gasteiger partial charge in [-0.05, 0) is 19.0 Å². The van der Waals surface area contributed by atoms with E-state index < -0.39 is 0 Å². The second-order valence-electron chi connectivity index (χ2n) is 1.74. The number of allylic oxidation sites excluding steroid dienone is 1. The summed E-state index contributed by atoms with van der Waals surface area (Å²) in [6, 6.07) is 0. The van der Waals surface area contributed by atoms with Crippen LogP contribution < -0.4 is 5.73 Å². The van der Waals surface area contributed by atoms with Gasteiger partial charge in [-0.25, -0.2) is 0 Å². The molecule has 0 fully saturated rings. The summed E-state index contributed by atoms with van der Waals surface area (Å²) in [6.45, 7) is 5.58. The lowest BCUT2D eigenvalue weighted by atomic mass is 10.2.